The zero-order valence-corrected chi connectivity index (χ0v) is 13.6. The maximum absolute atomic E-state index is 12.0. The zero-order chi connectivity index (χ0) is 16.3. The van der Waals surface area contributed by atoms with Gasteiger partial charge in [-0.15, -0.1) is 0 Å². The summed E-state index contributed by atoms with van der Waals surface area (Å²) in [7, 11) is 0. The Bertz CT molecular complexity index is 517. The number of carbonyl (C=O) groups excluding carboxylic acids is 1. The predicted octanol–water partition coefficient (Wildman–Crippen LogP) is 2.95. The number of likely N-dealkylation sites (tertiary alicyclic amines) is 1. The molecule has 0 aromatic heterocycles. The van der Waals surface area contributed by atoms with Crippen molar-refractivity contribution in [3.63, 3.8) is 0 Å². The second-order valence-corrected chi connectivity index (χ2v) is 6.88. The van der Waals surface area contributed by atoms with Crippen molar-refractivity contribution in [1.29, 1.82) is 0 Å². The van der Waals surface area contributed by atoms with Crippen molar-refractivity contribution in [3.05, 3.63) is 29.8 Å². The Hall–Kier alpha value is -1.75. The number of nitrogen functional groups attached to an aromatic ring is 1. The number of aliphatic hydroxyl groups is 1. The molecule has 1 amide bonds. The number of aliphatic hydroxyl groups excluding tert-OH is 1. The van der Waals surface area contributed by atoms with Gasteiger partial charge in [-0.3, -0.25) is 0 Å². The molecule has 1 unspecified atom stereocenters. The van der Waals surface area contributed by atoms with E-state index >= 15 is 0 Å². The van der Waals surface area contributed by atoms with Crippen LogP contribution in [0.1, 0.15) is 45.3 Å². The lowest BCUT2D eigenvalue weighted by molar-refractivity contribution is 0.00775. The molecule has 0 radical (unpaired) electrons. The third-order valence-corrected chi connectivity index (χ3v) is 3.95. The van der Waals surface area contributed by atoms with E-state index in [9.17, 15) is 9.90 Å². The number of ether oxygens (including phenoxy) is 1. The number of hydrogen-bond donors (Lipinski definition) is 2. The predicted molar refractivity (Wildman–Crippen MR) is 86.3 cm³/mol. The van der Waals surface area contributed by atoms with Gasteiger partial charge in [0.05, 0.1) is 6.10 Å². The van der Waals surface area contributed by atoms with E-state index in [1.54, 1.807) is 11.0 Å². The molecular formula is C17H26N2O3. The number of nitrogens with two attached hydrogens (primary N) is 1. The van der Waals surface area contributed by atoms with Crippen molar-refractivity contribution >= 4 is 11.8 Å². The Kier molecular flexibility index (Phi) is 4.96. The number of piperidine rings is 1. The van der Waals surface area contributed by atoms with Crippen molar-refractivity contribution in [2.75, 3.05) is 18.8 Å². The summed E-state index contributed by atoms with van der Waals surface area (Å²) in [5.74, 6) is 0.114. The van der Waals surface area contributed by atoms with Gasteiger partial charge in [0.15, 0.2) is 0 Å². The van der Waals surface area contributed by atoms with Gasteiger partial charge in [-0.25, -0.2) is 4.79 Å². The molecule has 1 aromatic carbocycles. The lowest BCUT2D eigenvalue weighted by Crippen LogP contribution is -2.42. The lowest BCUT2D eigenvalue weighted by Gasteiger charge is -2.35. The van der Waals surface area contributed by atoms with Gasteiger partial charge in [-0.1, -0.05) is 18.2 Å². The molecule has 1 fully saturated rings. The maximum atomic E-state index is 12.0. The summed E-state index contributed by atoms with van der Waals surface area (Å²) >= 11 is 0. The number of benzene rings is 1. The highest BCUT2D eigenvalue weighted by Crippen LogP contribution is 2.33. The molecule has 5 heteroatoms. The molecule has 1 aliphatic rings. The van der Waals surface area contributed by atoms with Gasteiger partial charge in [0.25, 0.3) is 0 Å². The molecule has 1 heterocycles. The van der Waals surface area contributed by atoms with E-state index in [1.165, 1.54) is 0 Å². The summed E-state index contributed by atoms with van der Waals surface area (Å²) < 4.78 is 5.38. The number of rotatable bonds is 2. The second-order valence-electron chi connectivity index (χ2n) is 6.88. The number of carbonyl (C=O) groups is 1. The molecule has 1 saturated heterocycles. The van der Waals surface area contributed by atoms with Crippen molar-refractivity contribution in [2.45, 2.75) is 45.3 Å². The Labute approximate surface area is 132 Å². The molecule has 1 atom stereocenters. The zero-order valence-electron chi connectivity index (χ0n) is 13.6. The molecule has 1 aromatic rings. The van der Waals surface area contributed by atoms with E-state index in [1.807, 2.05) is 39.0 Å². The third kappa shape index (κ3) is 4.13. The van der Waals surface area contributed by atoms with E-state index in [2.05, 4.69) is 0 Å². The SMILES string of the molecule is CC(C)(C)OC(=O)N1CCC(C(O)c2ccccc2N)CC1. The van der Waals surface area contributed by atoms with Gasteiger partial charge in [0.1, 0.15) is 5.60 Å². The van der Waals surface area contributed by atoms with Crippen LogP contribution in [-0.4, -0.2) is 34.8 Å². The minimum absolute atomic E-state index is 0.114. The van der Waals surface area contributed by atoms with E-state index in [0.29, 0.717) is 18.8 Å². The first-order valence-electron chi connectivity index (χ1n) is 7.78. The smallest absolute Gasteiger partial charge is 0.410 e. The third-order valence-electron chi connectivity index (χ3n) is 3.95. The number of amides is 1. The fourth-order valence-corrected chi connectivity index (χ4v) is 2.76. The number of hydrogen-bond acceptors (Lipinski definition) is 4. The monoisotopic (exact) mass is 306 g/mol. The number of nitrogens with zero attached hydrogens (tertiary/aromatic N) is 1. The molecule has 0 saturated carbocycles. The highest BCUT2D eigenvalue weighted by molar-refractivity contribution is 5.68. The molecule has 22 heavy (non-hydrogen) atoms. The van der Waals surface area contributed by atoms with E-state index in [0.717, 1.165) is 18.4 Å². The van der Waals surface area contributed by atoms with Crippen LogP contribution in [0.25, 0.3) is 0 Å². The second kappa shape index (κ2) is 6.57. The van der Waals surface area contributed by atoms with E-state index < -0.39 is 11.7 Å². The first-order valence-corrected chi connectivity index (χ1v) is 7.78. The van der Waals surface area contributed by atoms with Crippen LogP contribution >= 0.6 is 0 Å². The average Bonchev–Trinajstić information content (AvgIpc) is 2.45. The Morgan fingerprint density at radius 3 is 2.45 bits per heavy atom. The molecule has 2 rings (SSSR count). The fraction of sp³-hybridized carbons (Fsp3) is 0.588. The molecule has 5 nitrogen and oxygen atoms in total. The summed E-state index contributed by atoms with van der Waals surface area (Å²) in [6.45, 7) is 6.78. The van der Waals surface area contributed by atoms with E-state index in [4.69, 9.17) is 10.5 Å². The maximum Gasteiger partial charge on any atom is 0.410 e. The number of para-hydroxylation sites is 1. The molecular weight excluding hydrogens is 280 g/mol. The number of anilines is 1. The molecule has 1 aliphatic heterocycles. The van der Waals surface area contributed by atoms with Crippen LogP contribution in [0.5, 0.6) is 0 Å². The van der Waals surface area contributed by atoms with Crippen LogP contribution in [0.4, 0.5) is 10.5 Å². The van der Waals surface area contributed by atoms with Crippen molar-refractivity contribution < 1.29 is 14.6 Å². The minimum atomic E-state index is -0.581. The standard InChI is InChI=1S/C17H26N2O3/c1-17(2,3)22-16(21)19-10-8-12(9-11-19)15(20)13-6-4-5-7-14(13)18/h4-7,12,15,20H,8-11,18H2,1-3H3. The van der Waals surface area contributed by atoms with Crippen molar-refractivity contribution in [3.8, 4) is 0 Å². The topological polar surface area (TPSA) is 75.8 Å². The van der Waals surface area contributed by atoms with Gasteiger partial charge in [0, 0.05) is 24.3 Å². The van der Waals surface area contributed by atoms with Crippen LogP contribution in [0.3, 0.4) is 0 Å². The molecule has 3 N–H and O–H groups in total. The van der Waals surface area contributed by atoms with Gasteiger partial charge >= 0.3 is 6.09 Å². The van der Waals surface area contributed by atoms with E-state index in [-0.39, 0.29) is 12.0 Å². The Morgan fingerprint density at radius 2 is 1.91 bits per heavy atom. The lowest BCUT2D eigenvalue weighted by atomic mass is 9.87. The van der Waals surface area contributed by atoms with Crippen LogP contribution in [0.15, 0.2) is 24.3 Å². The van der Waals surface area contributed by atoms with Gasteiger partial charge in [0.2, 0.25) is 0 Å². The van der Waals surface area contributed by atoms with Crippen LogP contribution in [0.2, 0.25) is 0 Å². The molecule has 0 spiro atoms. The molecule has 122 valence electrons. The summed E-state index contributed by atoms with van der Waals surface area (Å²) in [4.78, 5) is 13.7. The largest absolute Gasteiger partial charge is 0.444 e. The highest BCUT2D eigenvalue weighted by atomic mass is 16.6. The first kappa shape index (κ1) is 16.6. The van der Waals surface area contributed by atoms with Crippen molar-refractivity contribution in [1.82, 2.24) is 4.90 Å². The minimum Gasteiger partial charge on any atom is -0.444 e. The van der Waals surface area contributed by atoms with Crippen LogP contribution in [-0.2, 0) is 4.74 Å². The summed E-state index contributed by atoms with van der Waals surface area (Å²) in [5, 5.41) is 10.5. The average molecular weight is 306 g/mol. The highest BCUT2D eigenvalue weighted by Gasteiger charge is 2.31. The quantitative estimate of drug-likeness (QED) is 0.824. The summed E-state index contributed by atoms with van der Waals surface area (Å²) in [6, 6.07) is 7.40. The Morgan fingerprint density at radius 1 is 1.32 bits per heavy atom. The van der Waals surface area contributed by atoms with Crippen LogP contribution in [0, 0.1) is 5.92 Å². The van der Waals surface area contributed by atoms with Gasteiger partial charge in [-0.2, -0.15) is 0 Å². The van der Waals surface area contributed by atoms with Gasteiger partial charge in [-0.05, 0) is 45.6 Å². The summed E-state index contributed by atoms with van der Waals surface area (Å²) in [5.41, 5.74) is 6.84. The fourth-order valence-electron chi connectivity index (χ4n) is 2.76. The normalized spacial score (nSPS) is 18.1. The van der Waals surface area contributed by atoms with Crippen molar-refractivity contribution in [2.24, 2.45) is 5.92 Å². The molecule has 0 aliphatic carbocycles. The van der Waals surface area contributed by atoms with Gasteiger partial charge < -0.3 is 20.5 Å². The Balaban J connectivity index is 1.92. The molecule has 0 bridgehead atoms. The first-order chi connectivity index (χ1) is 10.3. The van der Waals surface area contributed by atoms with Crippen LogP contribution < -0.4 is 5.73 Å². The summed E-state index contributed by atoms with van der Waals surface area (Å²) in [6.07, 6.45) is 0.630.